The van der Waals surface area contributed by atoms with E-state index in [4.69, 9.17) is 10.8 Å². The molecule has 9 nitrogen and oxygen atoms in total. The molecule has 0 aliphatic carbocycles. The first-order valence-corrected chi connectivity index (χ1v) is 6.07. The predicted octanol–water partition coefficient (Wildman–Crippen LogP) is -1.63. The maximum atomic E-state index is 11.9. The third-order valence-electron chi connectivity index (χ3n) is 2.83. The van der Waals surface area contributed by atoms with Crippen molar-refractivity contribution in [1.29, 1.82) is 0 Å². The van der Waals surface area contributed by atoms with E-state index in [9.17, 15) is 19.2 Å². The number of aliphatic carboxylic acids is 1. The van der Waals surface area contributed by atoms with Gasteiger partial charge in [0.25, 0.3) is 0 Å². The summed E-state index contributed by atoms with van der Waals surface area (Å²) >= 11 is 0. The summed E-state index contributed by atoms with van der Waals surface area (Å²) in [6.07, 6.45) is -0.660. The maximum Gasteiger partial charge on any atom is 0.345 e. The number of nitrogens with zero attached hydrogens (tertiary/aromatic N) is 1. The number of carbonyl (C=O) groups excluding carboxylic acids is 2. The van der Waals surface area contributed by atoms with Gasteiger partial charge in [0.05, 0.1) is 12.8 Å². The highest BCUT2D eigenvalue weighted by Gasteiger charge is 2.22. The van der Waals surface area contributed by atoms with Gasteiger partial charge < -0.3 is 21.1 Å². The zero-order chi connectivity index (χ0) is 16.2. The maximum absolute atomic E-state index is 11.9. The Morgan fingerprint density at radius 3 is 2.48 bits per heavy atom. The first kappa shape index (κ1) is 16.3. The Balaban J connectivity index is 2.84. The molecule has 0 aromatic carbocycles. The molecule has 1 rings (SSSR count). The van der Waals surface area contributed by atoms with E-state index >= 15 is 0 Å². The van der Waals surface area contributed by atoms with Crippen molar-refractivity contribution in [2.45, 2.75) is 32.7 Å². The lowest BCUT2D eigenvalue weighted by atomic mass is 10.1. The topological polar surface area (TPSA) is 155 Å². The van der Waals surface area contributed by atoms with Crippen LogP contribution in [0, 0.1) is 13.8 Å². The van der Waals surface area contributed by atoms with Crippen molar-refractivity contribution in [1.82, 2.24) is 15.3 Å². The minimum Gasteiger partial charge on any atom is -0.480 e. The van der Waals surface area contributed by atoms with Crippen molar-refractivity contribution in [3.63, 3.8) is 0 Å². The van der Waals surface area contributed by atoms with Crippen LogP contribution in [-0.4, -0.2) is 38.9 Å². The Kier molecular flexibility index (Phi) is 5.17. The standard InChI is InChI=1S/C12H16N4O5/c1-5-7(6(2)15-12(21)14-5)3-10(18)16-8(11(19)20)4-9(13)17/h8H,3-4H2,1-2H3,(H2,13,17)(H,16,18)(H,19,20)(H,14,15,21)/t8-/m1/s1. The third kappa shape index (κ3) is 4.71. The summed E-state index contributed by atoms with van der Waals surface area (Å²) in [5.74, 6) is -2.79. The lowest BCUT2D eigenvalue weighted by Gasteiger charge is -2.14. The normalized spacial score (nSPS) is 11.7. The molecule has 0 radical (unpaired) electrons. The van der Waals surface area contributed by atoms with Crippen LogP contribution in [0.1, 0.15) is 23.4 Å². The van der Waals surface area contributed by atoms with Crippen LogP contribution in [0.5, 0.6) is 0 Å². The number of rotatable bonds is 6. The minimum atomic E-state index is -1.38. The summed E-state index contributed by atoms with van der Waals surface area (Å²) in [5.41, 5.74) is 5.75. The molecule has 0 saturated carbocycles. The summed E-state index contributed by atoms with van der Waals surface area (Å²) in [4.78, 5) is 50.8. The number of primary amides is 1. The van der Waals surface area contributed by atoms with Crippen molar-refractivity contribution in [2.75, 3.05) is 0 Å². The number of aryl methyl sites for hydroxylation is 2. The second-order valence-corrected chi connectivity index (χ2v) is 4.54. The van der Waals surface area contributed by atoms with Crippen LogP contribution in [-0.2, 0) is 20.8 Å². The molecule has 1 heterocycles. The molecule has 5 N–H and O–H groups in total. The monoisotopic (exact) mass is 296 g/mol. The summed E-state index contributed by atoms with van der Waals surface area (Å²) < 4.78 is 0. The highest BCUT2D eigenvalue weighted by atomic mass is 16.4. The molecule has 1 atom stereocenters. The molecule has 0 saturated heterocycles. The van der Waals surface area contributed by atoms with Crippen molar-refractivity contribution in [3.8, 4) is 0 Å². The highest BCUT2D eigenvalue weighted by molar-refractivity contribution is 5.88. The molecule has 1 aromatic heterocycles. The van der Waals surface area contributed by atoms with Crippen LogP contribution in [0.2, 0.25) is 0 Å². The van der Waals surface area contributed by atoms with Crippen molar-refractivity contribution in [3.05, 3.63) is 27.4 Å². The Morgan fingerprint density at radius 1 is 1.38 bits per heavy atom. The molecule has 0 fully saturated rings. The van der Waals surface area contributed by atoms with Gasteiger partial charge in [-0.05, 0) is 13.8 Å². The molecule has 0 unspecified atom stereocenters. The van der Waals surface area contributed by atoms with Gasteiger partial charge in [-0.25, -0.2) is 9.59 Å². The largest absolute Gasteiger partial charge is 0.480 e. The smallest absolute Gasteiger partial charge is 0.345 e. The van der Waals surface area contributed by atoms with Gasteiger partial charge in [0.15, 0.2) is 0 Å². The van der Waals surface area contributed by atoms with Gasteiger partial charge in [-0.15, -0.1) is 0 Å². The number of hydrogen-bond donors (Lipinski definition) is 4. The SMILES string of the molecule is Cc1nc(=O)[nH]c(C)c1CC(=O)N[C@H](CC(N)=O)C(=O)O. The first-order chi connectivity index (χ1) is 9.70. The molecule has 21 heavy (non-hydrogen) atoms. The van der Waals surface area contributed by atoms with E-state index in [0.717, 1.165) is 0 Å². The average molecular weight is 296 g/mol. The highest BCUT2D eigenvalue weighted by Crippen LogP contribution is 2.07. The number of carboxylic acid groups (broad SMARTS) is 1. The molecule has 0 aliphatic rings. The van der Waals surface area contributed by atoms with E-state index < -0.39 is 35.9 Å². The van der Waals surface area contributed by atoms with Crippen LogP contribution in [0.25, 0.3) is 0 Å². The van der Waals surface area contributed by atoms with Gasteiger partial charge in [0, 0.05) is 17.0 Å². The van der Waals surface area contributed by atoms with Crippen LogP contribution in [0.15, 0.2) is 4.79 Å². The number of aromatic amines is 1. The Labute approximate surface area is 119 Å². The molecule has 114 valence electrons. The van der Waals surface area contributed by atoms with E-state index in [1.54, 1.807) is 13.8 Å². The van der Waals surface area contributed by atoms with Crippen molar-refractivity contribution >= 4 is 17.8 Å². The van der Waals surface area contributed by atoms with Gasteiger partial charge in [-0.2, -0.15) is 4.98 Å². The van der Waals surface area contributed by atoms with Crippen molar-refractivity contribution in [2.24, 2.45) is 5.73 Å². The second kappa shape index (κ2) is 6.64. The number of carboxylic acids is 1. The number of nitrogens with one attached hydrogen (secondary N) is 2. The zero-order valence-corrected chi connectivity index (χ0v) is 11.6. The fourth-order valence-electron chi connectivity index (χ4n) is 1.82. The lowest BCUT2D eigenvalue weighted by molar-refractivity contribution is -0.143. The van der Waals surface area contributed by atoms with E-state index in [0.29, 0.717) is 17.0 Å². The van der Waals surface area contributed by atoms with Gasteiger partial charge in [-0.1, -0.05) is 0 Å². The molecular formula is C12H16N4O5. The van der Waals surface area contributed by atoms with Crippen LogP contribution < -0.4 is 16.7 Å². The Bertz CT molecular complexity index is 611. The van der Waals surface area contributed by atoms with Gasteiger partial charge in [0.1, 0.15) is 6.04 Å². The van der Waals surface area contributed by atoms with Crippen LogP contribution in [0.4, 0.5) is 0 Å². The van der Waals surface area contributed by atoms with E-state index in [1.165, 1.54) is 0 Å². The Hall–Kier alpha value is -2.71. The summed E-state index contributed by atoms with van der Waals surface area (Å²) in [6, 6.07) is -1.38. The lowest BCUT2D eigenvalue weighted by Crippen LogP contribution is -2.44. The summed E-state index contributed by atoms with van der Waals surface area (Å²) in [6.45, 7) is 3.18. The number of amides is 2. The Morgan fingerprint density at radius 2 is 2.00 bits per heavy atom. The fraction of sp³-hybridized carbons (Fsp3) is 0.417. The zero-order valence-electron chi connectivity index (χ0n) is 11.6. The minimum absolute atomic E-state index is 0.163. The molecule has 0 spiro atoms. The molecular weight excluding hydrogens is 280 g/mol. The van der Waals surface area contributed by atoms with Crippen molar-refractivity contribution < 1.29 is 19.5 Å². The molecule has 0 bridgehead atoms. The molecule has 2 amide bonds. The number of hydrogen-bond acceptors (Lipinski definition) is 5. The molecule has 1 aromatic rings. The second-order valence-electron chi connectivity index (χ2n) is 4.54. The number of aromatic nitrogens is 2. The molecule has 0 aliphatic heterocycles. The number of H-pyrrole nitrogens is 1. The van der Waals surface area contributed by atoms with Crippen LogP contribution in [0.3, 0.4) is 0 Å². The summed E-state index contributed by atoms with van der Waals surface area (Å²) in [5, 5.41) is 11.1. The van der Waals surface area contributed by atoms with E-state index in [2.05, 4.69) is 15.3 Å². The average Bonchev–Trinajstić information content (AvgIpc) is 2.32. The number of nitrogens with two attached hydrogens (primary N) is 1. The van der Waals surface area contributed by atoms with Gasteiger partial charge in [-0.3, -0.25) is 9.59 Å². The quantitative estimate of drug-likeness (QED) is 0.494. The summed E-state index contributed by atoms with van der Waals surface area (Å²) in [7, 11) is 0. The van der Waals surface area contributed by atoms with Crippen LogP contribution >= 0.6 is 0 Å². The van der Waals surface area contributed by atoms with E-state index in [-0.39, 0.29) is 6.42 Å². The van der Waals surface area contributed by atoms with Gasteiger partial charge >= 0.3 is 11.7 Å². The first-order valence-electron chi connectivity index (χ1n) is 6.07. The number of carbonyl (C=O) groups is 3. The molecule has 9 heteroatoms. The fourth-order valence-corrected chi connectivity index (χ4v) is 1.82. The predicted molar refractivity (Wildman–Crippen MR) is 71.4 cm³/mol. The third-order valence-corrected chi connectivity index (χ3v) is 2.83. The van der Waals surface area contributed by atoms with Gasteiger partial charge in [0.2, 0.25) is 11.8 Å². The van der Waals surface area contributed by atoms with E-state index in [1.807, 2.05) is 0 Å².